The van der Waals surface area contributed by atoms with Crippen LogP contribution in [-0.4, -0.2) is 29.9 Å². The van der Waals surface area contributed by atoms with Gasteiger partial charge in [-0.2, -0.15) is 4.98 Å². The Morgan fingerprint density at radius 1 is 1.53 bits per heavy atom. The Kier molecular flexibility index (Phi) is 4.50. The van der Waals surface area contributed by atoms with E-state index in [1.165, 1.54) is 0 Å². The molecule has 5 heteroatoms. The van der Waals surface area contributed by atoms with Crippen molar-refractivity contribution in [2.45, 2.75) is 38.5 Å². The molecular weight excluding hydrogens is 218 g/mol. The first-order valence-electron chi connectivity index (χ1n) is 6.43. The number of aromatic nitrogens is 2. The third-order valence-corrected chi connectivity index (χ3v) is 3.25. The van der Waals surface area contributed by atoms with Crippen LogP contribution in [0.4, 0.5) is 0 Å². The van der Waals surface area contributed by atoms with Gasteiger partial charge in [-0.25, -0.2) is 0 Å². The van der Waals surface area contributed by atoms with Crippen LogP contribution in [0.25, 0.3) is 0 Å². The quantitative estimate of drug-likeness (QED) is 0.814. The van der Waals surface area contributed by atoms with Gasteiger partial charge in [0.25, 0.3) is 0 Å². The van der Waals surface area contributed by atoms with Crippen molar-refractivity contribution in [3.8, 4) is 0 Å². The molecule has 2 rings (SSSR count). The fraction of sp³-hybridized carbons (Fsp3) is 0.833. The maximum absolute atomic E-state index is 5.72. The highest BCUT2D eigenvalue weighted by atomic mass is 16.5. The molecule has 1 aromatic heterocycles. The van der Waals surface area contributed by atoms with E-state index in [4.69, 9.17) is 15.0 Å². The summed E-state index contributed by atoms with van der Waals surface area (Å²) in [7, 11) is 0. The monoisotopic (exact) mass is 239 g/mol. The number of rotatable bonds is 6. The molecule has 2 unspecified atom stereocenters. The molecule has 0 saturated carbocycles. The summed E-state index contributed by atoms with van der Waals surface area (Å²) < 4.78 is 10.6. The molecule has 5 nitrogen and oxygen atoms in total. The van der Waals surface area contributed by atoms with Crippen LogP contribution in [0, 0.1) is 5.92 Å². The summed E-state index contributed by atoms with van der Waals surface area (Å²) in [6.45, 7) is 4.38. The zero-order valence-corrected chi connectivity index (χ0v) is 10.4. The number of nitrogens with two attached hydrogens (primary N) is 1. The van der Waals surface area contributed by atoms with Gasteiger partial charge < -0.3 is 15.0 Å². The largest absolute Gasteiger partial charge is 0.381 e. The topological polar surface area (TPSA) is 74.2 Å². The summed E-state index contributed by atoms with van der Waals surface area (Å²) >= 11 is 0. The van der Waals surface area contributed by atoms with E-state index in [0.717, 1.165) is 44.7 Å². The van der Waals surface area contributed by atoms with Crippen molar-refractivity contribution in [1.29, 1.82) is 0 Å². The molecule has 2 N–H and O–H groups in total. The summed E-state index contributed by atoms with van der Waals surface area (Å²) in [4.78, 5) is 4.45. The lowest BCUT2D eigenvalue weighted by Crippen LogP contribution is -2.13. The molecule has 2 heterocycles. The van der Waals surface area contributed by atoms with Crippen LogP contribution in [0.2, 0.25) is 0 Å². The average molecular weight is 239 g/mol. The molecule has 0 amide bonds. The zero-order chi connectivity index (χ0) is 12.1. The summed E-state index contributed by atoms with van der Waals surface area (Å²) in [6.07, 6.45) is 4.03. The molecular formula is C12H21N3O2. The van der Waals surface area contributed by atoms with Crippen molar-refractivity contribution >= 4 is 0 Å². The normalized spacial score (nSPS) is 21.9. The third kappa shape index (κ3) is 3.26. The van der Waals surface area contributed by atoms with E-state index >= 15 is 0 Å². The van der Waals surface area contributed by atoms with E-state index in [9.17, 15) is 0 Å². The molecule has 2 atom stereocenters. The minimum absolute atomic E-state index is 0.209. The Morgan fingerprint density at radius 3 is 3.06 bits per heavy atom. The van der Waals surface area contributed by atoms with E-state index in [2.05, 4.69) is 17.1 Å². The van der Waals surface area contributed by atoms with Crippen LogP contribution in [0.5, 0.6) is 0 Å². The lowest BCUT2D eigenvalue weighted by atomic mass is 10.0. The number of hydrogen-bond acceptors (Lipinski definition) is 5. The van der Waals surface area contributed by atoms with Gasteiger partial charge in [-0.1, -0.05) is 18.5 Å². The van der Waals surface area contributed by atoms with Gasteiger partial charge in [-0.05, 0) is 18.8 Å². The Bertz CT molecular complexity index is 334. The zero-order valence-electron chi connectivity index (χ0n) is 10.4. The van der Waals surface area contributed by atoms with Gasteiger partial charge in [0, 0.05) is 26.2 Å². The third-order valence-electron chi connectivity index (χ3n) is 3.25. The van der Waals surface area contributed by atoms with Crippen molar-refractivity contribution in [1.82, 2.24) is 10.1 Å². The van der Waals surface area contributed by atoms with Crippen LogP contribution >= 0.6 is 0 Å². The second-order valence-corrected chi connectivity index (χ2v) is 4.70. The molecule has 1 aromatic rings. The molecule has 1 fully saturated rings. The van der Waals surface area contributed by atoms with Crippen molar-refractivity contribution in [2.75, 3.05) is 19.8 Å². The Morgan fingerprint density at radius 2 is 2.41 bits per heavy atom. The van der Waals surface area contributed by atoms with Crippen LogP contribution in [0.15, 0.2) is 4.52 Å². The molecule has 1 aliphatic heterocycles. The van der Waals surface area contributed by atoms with Gasteiger partial charge in [-0.15, -0.1) is 0 Å². The highest BCUT2D eigenvalue weighted by molar-refractivity contribution is 4.96. The molecule has 1 aliphatic rings. The van der Waals surface area contributed by atoms with Gasteiger partial charge in [0.05, 0.1) is 5.92 Å². The summed E-state index contributed by atoms with van der Waals surface area (Å²) in [5.41, 5.74) is 5.72. The SMILES string of the molecule is CCCC(CN)c1nc(CC2CCOC2)no1. The molecule has 0 bridgehead atoms. The van der Waals surface area contributed by atoms with E-state index in [1.807, 2.05) is 0 Å². The average Bonchev–Trinajstić information content (AvgIpc) is 2.98. The summed E-state index contributed by atoms with van der Waals surface area (Å²) in [5, 5.41) is 4.03. The molecule has 17 heavy (non-hydrogen) atoms. The summed E-state index contributed by atoms with van der Waals surface area (Å²) in [5.74, 6) is 2.25. The van der Waals surface area contributed by atoms with Gasteiger partial charge >= 0.3 is 0 Å². The van der Waals surface area contributed by atoms with Crippen LogP contribution < -0.4 is 5.73 Å². The standard InChI is InChI=1S/C12H21N3O2/c1-2-3-10(7-13)12-14-11(15-17-12)6-9-4-5-16-8-9/h9-10H,2-8,13H2,1H3. The van der Waals surface area contributed by atoms with Gasteiger partial charge in [0.2, 0.25) is 5.89 Å². The highest BCUT2D eigenvalue weighted by Gasteiger charge is 2.21. The van der Waals surface area contributed by atoms with E-state index in [-0.39, 0.29) is 5.92 Å². The Balaban J connectivity index is 1.94. The maximum Gasteiger partial charge on any atom is 0.231 e. The van der Waals surface area contributed by atoms with Gasteiger partial charge in [0.1, 0.15) is 0 Å². The first-order chi connectivity index (χ1) is 8.33. The minimum Gasteiger partial charge on any atom is -0.381 e. The van der Waals surface area contributed by atoms with E-state index in [1.54, 1.807) is 0 Å². The lowest BCUT2D eigenvalue weighted by molar-refractivity contribution is 0.185. The molecule has 1 saturated heterocycles. The van der Waals surface area contributed by atoms with Crippen molar-refractivity contribution in [3.05, 3.63) is 11.7 Å². The number of hydrogen-bond donors (Lipinski definition) is 1. The molecule has 0 radical (unpaired) electrons. The molecule has 0 spiro atoms. The van der Waals surface area contributed by atoms with Crippen LogP contribution in [0.1, 0.15) is 43.8 Å². The minimum atomic E-state index is 0.209. The fourth-order valence-electron chi connectivity index (χ4n) is 2.21. The van der Waals surface area contributed by atoms with E-state index in [0.29, 0.717) is 18.4 Å². The van der Waals surface area contributed by atoms with Crippen molar-refractivity contribution in [3.63, 3.8) is 0 Å². The predicted molar refractivity (Wildman–Crippen MR) is 63.6 cm³/mol. The predicted octanol–water partition coefficient (Wildman–Crippen LogP) is 1.49. The first-order valence-corrected chi connectivity index (χ1v) is 6.43. The highest BCUT2D eigenvalue weighted by Crippen LogP contribution is 2.21. The van der Waals surface area contributed by atoms with Crippen molar-refractivity contribution < 1.29 is 9.26 Å². The molecule has 0 aromatic carbocycles. The molecule has 96 valence electrons. The Hall–Kier alpha value is -0.940. The maximum atomic E-state index is 5.72. The van der Waals surface area contributed by atoms with Gasteiger partial charge in [0.15, 0.2) is 5.82 Å². The van der Waals surface area contributed by atoms with Crippen LogP contribution in [0.3, 0.4) is 0 Å². The van der Waals surface area contributed by atoms with E-state index < -0.39 is 0 Å². The fourth-order valence-corrected chi connectivity index (χ4v) is 2.21. The lowest BCUT2D eigenvalue weighted by Gasteiger charge is -2.06. The van der Waals surface area contributed by atoms with Gasteiger partial charge in [-0.3, -0.25) is 0 Å². The molecule has 0 aliphatic carbocycles. The first kappa shape index (κ1) is 12.5. The van der Waals surface area contributed by atoms with Crippen molar-refractivity contribution in [2.24, 2.45) is 11.7 Å². The number of nitrogens with zero attached hydrogens (tertiary/aromatic N) is 2. The Labute approximate surface area is 102 Å². The second-order valence-electron chi connectivity index (χ2n) is 4.70. The second kappa shape index (κ2) is 6.12. The summed E-state index contributed by atoms with van der Waals surface area (Å²) in [6, 6.07) is 0. The van der Waals surface area contributed by atoms with Crippen LogP contribution in [-0.2, 0) is 11.2 Å². The number of ether oxygens (including phenoxy) is 1. The smallest absolute Gasteiger partial charge is 0.231 e.